The van der Waals surface area contributed by atoms with Crippen molar-refractivity contribution < 1.29 is 19.4 Å². The molecule has 6 nitrogen and oxygen atoms in total. The summed E-state index contributed by atoms with van der Waals surface area (Å²) in [7, 11) is 0. The summed E-state index contributed by atoms with van der Waals surface area (Å²) in [6, 6.07) is 16.8. The minimum absolute atomic E-state index is 0.0537. The van der Waals surface area contributed by atoms with Gasteiger partial charge >= 0.3 is 5.97 Å². The SMILES string of the molecule is O=C(O)CC1COc2cc(O[C@@H]3CCc4c3cccc4-n3ccccc3=O)ccc21. The Hall–Kier alpha value is -3.54. The molecule has 2 heterocycles. The molecular weight excluding hydrogens is 382 g/mol. The number of rotatable bonds is 5. The summed E-state index contributed by atoms with van der Waals surface area (Å²) in [4.78, 5) is 23.3. The van der Waals surface area contributed by atoms with E-state index in [1.165, 1.54) is 0 Å². The summed E-state index contributed by atoms with van der Waals surface area (Å²) in [6.45, 7) is 0.381. The van der Waals surface area contributed by atoms with Crippen LogP contribution in [0.2, 0.25) is 0 Å². The van der Waals surface area contributed by atoms with Crippen LogP contribution in [0.3, 0.4) is 0 Å². The van der Waals surface area contributed by atoms with Crippen molar-refractivity contribution >= 4 is 5.97 Å². The van der Waals surface area contributed by atoms with Gasteiger partial charge in [0.25, 0.3) is 5.56 Å². The molecule has 1 unspecified atom stereocenters. The fourth-order valence-corrected chi connectivity index (χ4v) is 4.45. The van der Waals surface area contributed by atoms with E-state index in [1.807, 2.05) is 36.4 Å². The maximum absolute atomic E-state index is 12.3. The highest BCUT2D eigenvalue weighted by Crippen LogP contribution is 2.41. The minimum atomic E-state index is -0.826. The van der Waals surface area contributed by atoms with Gasteiger partial charge in [0, 0.05) is 29.8 Å². The van der Waals surface area contributed by atoms with Crippen LogP contribution in [0.15, 0.2) is 65.6 Å². The van der Waals surface area contributed by atoms with Crippen LogP contribution in [-0.4, -0.2) is 22.2 Å². The molecule has 1 aliphatic carbocycles. The molecule has 0 amide bonds. The second-order valence-electron chi connectivity index (χ2n) is 7.70. The monoisotopic (exact) mass is 403 g/mol. The molecule has 0 saturated heterocycles. The molecule has 0 radical (unpaired) electrons. The van der Waals surface area contributed by atoms with Crippen molar-refractivity contribution in [1.82, 2.24) is 4.57 Å². The van der Waals surface area contributed by atoms with Gasteiger partial charge in [-0.3, -0.25) is 14.2 Å². The Morgan fingerprint density at radius 3 is 2.87 bits per heavy atom. The lowest BCUT2D eigenvalue weighted by atomic mass is 9.98. The number of benzene rings is 2. The van der Waals surface area contributed by atoms with E-state index in [0.29, 0.717) is 18.1 Å². The normalized spacial score (nSPS) is 19.1. The Balaban J connectivity index is 1.41. The number of fused-ring (bicyclic) bond motifs is 2. The molecule has 152 valence electrons. The third kappa shape index (κ3) is 3.24. The molecule has 0 spiro atoms. The predicted octanol–water partition coefficient (Wildman–Crippen LogP) is 3.85. The van der Waals surface area contributed by atoms with Crippen LogP contribution >= 0.6 is 0 Å². The summed E-state index contributed by atoms with van der Waals surface area (Å²) in [5, 5.41) is 9.06. The maximum Gasteiger partial charge on any atom is 0.304 e. The van der Waals surface area contributed by atoms with Crippen LogP contribution in [0.25, 0.3) is 5.69 Å². The Bertz CT molecular complexity index is 1180. The molecule has 0 fully saturated rings. The maximum atomic E-state index is 12.3. The predicted molar refractivity (Wildman–Crippen MR) is 111 cm³/mol. The molecule has 2 atom stereocenters. The highest BCUT2D eigenvalue weighted by molar-refractivity contribution is 5.68. The topological polar surface area (TPSA) is 77.8 Å². The molecule has 3 aromatic rings. The van der Waals surface area contributed by atoms with Gasteiger partial charge in [-0.1, -0.05) is 24.3 Å². The lowest BCUT2D eigenvalue weighted by molar-refractivity contribution is -0.137. The summed E-state index contributed by atoms with van der Waals surface area (Å²) in [6.07, 6.45) is 3.41. The first-order valence-electron chi connectivity index (χ1n) is 10.0. The second kappa shape index (κ2) is 7.37. The van der Waals surface area contributed by atoms with Gasteiger partial charge in [0.05, 0.1) is 18.7 Å². The number of hydrogen-bond acceptors (Lipinski definition) is 4. The van der Waals surface area contributed by atoms with E-state index in [-0.39, 0.29) is 24.0 Å². The van der Waals surface area contributed by atoms with Gasteiger partial charge in [0.1, 0.15) is 17.6 Å². The Morgan fingerprint density at radius 1 is 1.13 bits per heavy atom. The number of hydrogen-bond donors (Lipinski definition) is 1. The molecule has 2 aromatic carbocycles. The number of aromatic nitrogens is 1. The zero-order valence-corrected chi connectivity index (χ0v) is 16.3. The fraction of sp³-hybridized carbons (Fsp3) is 0.250. The van der Waals surface area contributed by atoms with Crippen molar-refractivity contribution in [3.8, 4) is 17.2 Å². The molecule has 1 aromatic heterocycles. The van der Waals surface area contributed by atoms with Crippen LogP contribution in [0.1, 0.15) is 41.6 Å². The number of carbonyl (C=O) groups is 1. The van der Waals surface area contributed by atoms with Gasteiger partial charge in [-0.15, -0.1) is 0 Å². The molecule has 6 heteroatoms. The Kier molecular flexibility index (Phi) is 4.54. The highest BCUT2D eigenvalue weighted by atomic mass is 16.5. The van der Waals surface area contributed by atoms with Crippen molar-refractivity contribution in [3.05, 3.63) is 87.8 Å². The first-order chi connectivity index (χ1) is 14.6. The third-order valence-electron chi connectivity index (χ3n) is 5.84. The van der Waals surface area contributed by atoms with E-state index in [4.69, 9.17) is 14.6 Å². The van der Waals surface area contributed by atoms with Gasteiger partial charge in [-0.2, -0.15) is 0 Å². The average Bonchev–Trinajstić information content (AvgIpc) is 3.32. The van der Waals surface area contributed by atoms with Gasteiger partial charge < -0.3 is 14.6 Å². The van der Waals surface area contributed by atoms with E-state index in [2.05, 4.69) is 6.07 Å². The number of ether oxygens (including phenoxy) is 2. The number of aliphatic carboxylic acids is 1. The fourth-order valence-electron chi connectivity index (χ4n) is 4.45. The van der Waals surface area contributed by atoms with Crippen molar-refractivity contribution in [2.75, 3.05) is 6.61 Å². The molecule has 1 N–H and O–H groups in total. The summed E-state index contributed by atoms with van der Waals surface area (Å²) in [5.41, 5.74) is 3.99. The van der Waals surface area contributed by atoms with E-state index in [9.17, 15) is 9.59 Å². The zero-order chi connectivity index (χ0) is 20.7. The molecule has 1 aliphatic heterocycles. The van der Waals surface area contributed by atoms with Crippen LogP contribution in [0.5, 0.6) is 11.5 Å². The summed E-state index contributed by atoms with van der Waals surface area (Å²) >= 11 is 0. The van der Waals surface area contributed by atoms with Gasteiger partial charge in [0.15, 0.2) is 0 Å². The molecular formula is C24H21NO5. The largest absolute Gasteiger partial charge is 0.492 e. The minimum Gasteiger partial charge on any atom is -0.492 e. The highest BCUT2D eigenvalue weighted by Gasteiger charge is 2.29. The van der Waals surface area contributed by atoms with E-state index in [0.717, 1.165) is 35.2 Å². The molecule has 5 rings (SSSR count). The van der Waals surface area contributed by atoms with Crippen LogP contribution < -0.4 is 15.0 Å². The van der Waals surface area contributed by atoms with Crippen molar-refractivity contribution in [2.45, 2.75) is 31.3 Å². The molecule has 30 heavy (non-hydrogen) atoms. The van der Waals surface area contributed by atoms with Crippen molar-refractivity contribution in [3.63, 3.8) is 0 Å². The number of carboxylic acids is 1. The Morgan fingerprint density at radius 2 is 2.03 bits per heavy atom. The van der Waals surface area contributed by atoms with Gasteiger partial charge in [-0.25, -0.2) is 0 Å². The number of pyridine rings is 1. The van der Waals surface area contributed by atoms with E-state index < -0.39 is 5.97 Å². The third-order valence-corrected chi connectivity index (χ3v) is 5.84. The molecule has 0 saturated carbocycles. The van der Waals surface area contributed by atoms with Crippen molar-refractivity contribution in [1.29, 1.82) is 0 Å². The lowest BCUT2D eigenvalue weighted by Crippen LogP contribution is -2.17. The summed E-state index contributed by atoms with van der Waals surface area (Å²) < 4.78 is 13.6. The zero-order valence-electron chi connectivity index (χ0n) is 16.3. The first kappa shape index (κ1) is 18.5. The lowest BCUT2D eigenvalue weighted by Gasteiger charge is -2.17. The number of carboxylic acid groups (broad SMARTS) is 1. The second-order valence-corrected chi connectivity index (χ2v) is 7.70. The summed E-state index contributed by atoms with van der Waals surface area (Å²) in [5.74, 6) is 0.449. The first-order valence-corrected chi connectivity index (χ1v) is 10.0. The van der Waals surface area contributed by atoms with Crippen LogP contribution in [-0.2, 0) is 11.2 Å². The van der Waals surface area contributed by atoms with E-state index in [1.54, 1.807) is 22.9 Å². The quantitative estimate of drug-likeness (QED) is 0.700. The van der Waals surface area contributed by atoms with Crippen molar-refractivity contribution in [2.24, 2.45) is 0 Å². The Labute approximate surface area is 173 Å². The smallest absolute Gasteiger partial charge is 0.304 e. The van der Waals surface area contributed by atoms with Gasteiger partial charge in [0.2, 0.25) is 0 Å². The molecule has 2 aliphatic rings. The standard InChI is InChI=1S/C24H21NO5/c26-23-6-1-2-11-25(23)20-5-3-4-19-18(20)9-10-21(19)30-16-7-8-17-15(12-24(27)28)14-29-22(17)13-16/h1-8,11,13,15,21H,9-10,12,14H2,(H,27,28)/t15?,21-/m1/s1. The van der Waals surface area contributed by atoms with Crippen LogP contribution in [0, 0.1) is 0 Å². The average molecular weight is 403 g/mol. The van der Waals surface area contributed by atoms with Gasteiger partial charge in [-0.05, 0) is 42.2 Å². The van der Waals surface area contributed by atoms with Crippen LogP contribution in [0.4, 0.5) is 0 Å². The number of nitrogens with zero attached hydrogens (tertiary/aromatic N) is 1. The molecule has 0 bridgehead atoms. The van der Waals surface area contributed by atoms with E-state index >= 15 is 0 Å².